The predicted octanol–water partition coefficient (Wildman–Crippen LogP) is 0.628. The fraction of sp³-hybridized carbons (Fsp3) is 0.500. The summed E-state index contributed by atoms with van der Waals surface area (Å²) in [6, 6.07) is 5.58. The average Bonchev–Trinajstić information content (AvgIpc) is 2.82. The van der Waals surface area contributed by atoms with Crippen LogP contribution in [0.15, 0.2) is 18.2 Å². The molecule has 2 heterocycles. The highest BCUT2D eigenvalue weighted by atomic mass is 32.2. The smallest absolute Gasteiger partial charge is 0.153 e. The Bertz CT molecular complexity index is 564. The zero-order valence-corrected chi connectivity index (χ0v) is 10.2. The van der Waals surface area contributed by atoms with Crippen LogP contribution in [0.3, 0.4) is 0 Å². The highest BCUT2D eigenvalue weighted by molar-refractivity contribution is 7.91. The highest BCUT2D eigenvalue weighted by Crippen LogP contribution is 2.41. The van der Waals surface area contributed by atoms with Crippen molar-refractivity contribution in [1.29, 1.82) is 0 Å². The Morgan fingerprint density at radius 2 is 2.18 bits per heavy atom. The van der Waals surface area contributed by atoms with E-state index in [1.165, 1.54) is 0 Å². The van der Waals surface area contributed by atoms with E-state index in [1.807, 2.05) is 12.1 Å². The second kappa shape index (κ2) is 3.46. The minimum atomic E-state index is -3.13. The molecule has 1 aromatic rings. The maximum Gasteiger partial charge on any atom is 0.153 e. The molecule has 2 aliphatic heterocycles. The molecule has 0 aliphatic carbocycles. The first-order valence-electron chi connectivity index (χ1n) is 5.68. The number of benzene rings is 1. The summed E-state index contributed by atoms with van der Waals surface area (Å²) in [5.41, 5.74) is 0.419. The molecule has 1 atom stereocenters. The fourth-order valence-electron chi connectivity index (χ4n) is 2.63. The Morgan fingerprint density at radius 1 is 1.35 bits per heavy atom. The van der Waals surface area contributed by atoms with Crippen molar-refractivity contribution in [3.05, 3.63) is 29.3 Å². The topological polar surface area (TPSA) is 63.6 Å². The van der Waals surface area contributed by atoms with Gasteiger partial charge in [0.25, 0.3) is 0 Å². The molecule has 0 amide bonds. The molecule has 0 aromatic heterocycles. The van der Waals surface area contributed by atoms with Crippen LogP contribution in [-0.2, 0) is 21.9 Å². The first kappa shape index (κ1) is 11.0. The lowest BCUT2D eigenvalue weighted by Gasteiger charge is -2.23. The molecule has 0 radical (unpaired) electrons. The first-order valence-corrected chi connectivity index (χ1v) is 7.50. The van der Waals surface area contributed by atoms with Crippen LogP contribution in [-0.4, -0.2) is 31.6 Å². The zero-order chi connectivity index (χ0) is 12.1. The van der Waals surface area contributed by atoms with E-state index < -0.39 is 15.4 Å². The summed E-state index contributed by atoms with van der Waals surface area (Å²) in [7, 11) is -3.13. The summed E-state index contributed by atoms with van der Waals surface area (Å²) < 4.78 is 28.6. The first-order chi connectivity index (χ1) is 8.00. The van der Waals surface area contributed by atoms with Crippen LogP contribution in [0.4, 0.5) is 0 Å². The Labute approximate surface area is 100 Å². The molecule has 0 saturated carbocycles. The Morgan fingerprint density at radius 3 is 2.88 bits per heavy atom. The lowest BCUT2D eigenvalue weighted by molar-refractivity contribution is 0.0624. The molecule has 1 saturated heterocycles. The van der Waals surface area contributed by atoms with Gasteiger partial charge in [-0.05, 0) is 12.0 Å². The number of hydrogen-bond donors (Lipinski definition) is 1. The van der Waals surface area contributed by atoms with Crippen molar-refractivity contribution in [3.63, 3.8) is 0 Å². The van der Waals surface area contributed by atoms with Crippen LogP contribution in [0.2, 0.25) is 0 Å². The number of fused-ring (bicyclic) bond motifs is 1. The van der Waals surface area contributed by atoms with Gasteiger partial charge in [0.2, 0.25) is 0 Å². The average molecular weight is 254 g/mol. The van der Waals surface area contributed by atoms with Gasteiger partial charge in [-0.25, -0.2) is 8.42 Å². The third-order valence-electron chi connectivity index (χ3n) is 3.50. The van der Waals surface area contributed by atoms with Crippen LogP contribution < -0.4 is 4.74 Å². The standard InChI is InChI=1S/C12H14O4S/c13-12(5-7-17(14,15)8-12)10-3-1-2-9-4-6-16-11(9)10/h1-3,13H,4-8H2. The van der Waals surface area contributed by atoms with Gasteiger partial charge < -0.3 is 9.84 Å². The molecular weight excluding hydrogens is 240 g/mol. The number of rotatable bonds is 1. The molecular formula is C12H14O4S. The molecule has 1 fully saturated rings. The van der Waals surface area contributed by atoms with Gasteiger partial charge in [0.1, 0.15) is 11.4 Å². The quantitative estimate of drug-likeness (QED) is 0.798. The molecule has 2 aliphatic rings. The largest absolute Gasteiger partial charge is 0.493 e. The SMILES string of the molecule is O=S1(=O)CCC(O)(c2cccc3c2OCC3)C1. The third kappa shape index (κ3) is 1.73. The van der Waals surface area contributed by atoms with Gasteiger partial charge in [-0.3, -0.25) is 0 Å². The van der Waals surface area contributed by atoms with Crippen molar-refractivity contribution < 1.29 is 18.3 Å². The summed E-state index contributed by atoms with van der Waals surface area (Å²) in [6.07, 6.45) is 1.08. The van der Waals surface area contributed by atoms with E-state index in [0.29, 0.717) is 17.9 Å². The number of sulfone groups is 1. The molecule has 1 N–H and O–H groups in total. The second-order valence-corrected chi connectivity index (χ2v) is 6.95. The summed E-state index contributed by atoms with van der Waals surface area (Å²) in [5, 5.41) is 10.5. The maximum absolute atomic E-state index is 11.5. The normalized spacial score (nSPS) is 29.9. The summed E-state index contributed by atoms with van der Waals surface area (Å²) >= 11 is 0. The molecule has 5 heteroatoms. The monoisotopic (exact) mass is 254 g/mol. The van der Waals surface area contributed by atoms with Gasteiger partial charge in [0.05, 0.1) is 18.1 Å². The number of ether oxygens (including phenoxy) is 1. The van der Waals surface area contributed by atoms with Gasteiger partial charge in [-0.1, -0.05) is 18.2 Å². The van der Waals surface area contributed by atoms with Crippen LogP contribution in [0.1, 0.15) is 17.5 Å². The molecule has 4 nitrogen and oxygen atoms in total. The van der Waals surface area contributed by atoms with Crippen molar-refractivity contribution in [3.8, 4) is 5.75 Å². The van der Waals surface area contributed by atoms with Crippen LogP contribution in [0.5, 0.6) is 5.75 Å². The van der Waals surface area contributed by atoms with Crippen LogP contribution in [0.25, 0.3) is 0 Å². The Balaban J connectivity index is 2.09. The van der Waals surface area contributed by atoms with E-state index >= 15 is 0 Å². The van der Waals surface area contributed by atoms with E-state index in [4.69, 9.17) is 4.74 Å². The summed E-state index contributed by atoms with van der Waals surface area (Å²) in [6.45, 7) is 0.606. The van der Waals surface area contributed by atoms with E-state index in [0.717, 1.165) is 12.0 Å². The molecule has 0 spiro atoms. The maximum atomic E-state index is 11.5. The zero-order valence-electron chi connectivity index (χ0n) is 9.35. The van der Waals surface area contributed by atoms with Crippen molar-refractivity contribution in [1.82, 2.24) is 0 Å². The number of hydrogen-bond acceptors (Lipinski definition) is 4. The van der Waals surface area contributed by atoms with Gasteiger partial charge in [-0.2, -0.15) is 0 Å². The van der Waals surface area contributed by atoms with Gasteiger partial charge >= 0.3 is 0 Å². The van der Waals surface area contributed by atoms with E-state index in [9.17, 15) is 13.5 Å². The van der Waals surface area contributed by atoms with Gasteiger partial charge in [-0.15, -0.1) is 0 Å². The van der Waals surface area contributed by atoms with Crippen LogP contribution >= 0.6 is 0 Å². The van der Waals surface area contributed by atoms with Crippen molar-refractivity contribution >= 4 is 9.84 Å². The summed E-state index contributed by atoms with van der Waals surface area (Å²) in [4.78, 5) is 0. The van der Waals surface area contributed by atoms with Crippen molar-refractivity contribution in [2.45, 2.75) is 18.4 Å². The number of aliphatic hydroxyl groups is 1. The highest BCUT2D eigenvalue weighted by Gasteiger charge is 2.44. The van der Waals surface area contributed by atoms with E-state index in [-0.39, 0.29) is 17.9 Å². The van der Waals surface area contributed by atoms with Gasteiger partial charge in [0, 0.05) is 12.0 Å². The Kier molecular flexibility index (Phi) is 2.25. The fourth-order valence-corrected chi connectivity index (χ4v) is 4.45. The molecule has 3 rings (SSSR count). The minimum Gasteiger partial charge on any atom is -0.493 e. The lowest BCUT2D eigenvalue weighted by atomic mass is 9.91. The van der Waals surface area contributed by atoms with E-state index in [1.54, 1.807) is 6.07 Å². The molecule has 17 heavy (non-hydrogen) atoms. The molecule has 1 unspecified atom stereocenters. The third-order valence-corrected chi connectivity index (χ3v) is 5.24. The van der Waals surface area contributed by atoms with E-state index in [2.05, 4.69) is 0 Å². The van der Waals surface area contributed by atoms with Crippen molar-refractivity contribution in [2.24, 2.45) is 0 Å². The minimum absolute atomic E-state index is 0.0488. The molecule has 1 aromatic carbocycles. The van der Waals surface area contributed by atoms with Crippen molar-refractivity contribution in [2.75, 3.05) is 18.1 Å². The lowest BCUT2D eigenvalue weighted by Crippen LogP contribution is -2.27. The van der Waals surface area contributed by atoms with Crippen LogP contribution in [0, 0.1) is 0 Å². The Hall–Kier alpha value is -1.07. The summed E-state index contributed by atoms with van der Waals surface area (Å²) in [5.74, 6) is 0.541. The molecule has 92 valence electrons. The number of para-hydroxylation sites is 1. The second-order valence-electron chi connectivity index (χ2n) is 4.77. The predicted molar refractivity (Wildman–Crippen MR) is 62.8 cm³/mol. The molecule has 0 bridgehead atoms. The van der Waals surface area contributed by atoms with Gasteiger partial charge in [0.15, 0.2) is 9.84 Å².